The number of ether oxygens (including phenoxy) is 1. The first-order chi connectivity index (χ1) is 10.2. The number of amides is 2. The molecule has 0 aromatic carbocycles. The van der Waals surface area contributed by atoms with Crippen molar-refractivity contribution < 1.29 is 14.3 Å². The quantitative estimate of drug-likeness (QED) is 0.869. The molecule has 2 amide bonds. The molecule has 120 valence electrons. The van der Waals surface area contributed by atoms with E-state index in [1.54, 1.807) is 4.90 Å². The molecule has 6 nitrogen and oxygen atoms in total. The lowest BCUT2D eigenvalue weighted by molar-refractivity contribution is -0.109. The molecule has 0 saturated carbocycles. The SMILES string of the molecule is Cc1nc(CNC=O)c2c(c1C)CN(C(=O)OC(C)(C)C)C2. The van der Waals surface area contributed by atoms with Crippen molar-refractivity contribution in [2.75, 3.05) is 0 Å². The monoisotopic (exact) mass is 305 g/mol. The van der Waals surface area contributed by atoms with Crippen molar-refractivity contribution in [2.24, 2.45) is 0 Å². The van der Waals surface area contributed by atoms with E-state index in [1.165, 1.54) is 0 Å². The van der Waals surface area contributed by atoms with E-state index in [-0.39, 0.29) is 6.09 Å². The third-order valence-corrected chi connectivity index (χ3v) is 3.71. The Morgan fingerprint density at radius 1 is 1.32 bits per heavy atom. The summed E-state index contributed by atoms with van der Waals surface area (Å²) in [5, 5.41) is 2.65. The standard InChI is InChI=1S/C16H23N3O3/c1-10-11(2)18-14(6-17-9-20)13-8-19(7-12(10)13)15(21)22-16(3,4)5/h9H,6-8H2,1-5H3,(H,17,20). The zero-order chi connectivity index (χ0) is 16.5. The molecule has 0 fully saturated rings. The molecule has 0 unspecified atom stereocenters. The highest BCUT2D eigenvalue weighted by molar-refractivity contribution is 5.69. The summed E-state index contributed by atoms with van der Waals surface area (Å²) in [6.07, 6.45) is 0.333. The molecule has 0 saturated heterocycles. The number of rotatable bonds is 3. The first kappa shape index (κ1) is 16.3. The van der Waals surface area contributed by atoms with Crippen LogP contribution < -0.4 is 5.32 Å². The van der Waals surface area contributed by atoms with Crippen LogP contribution in [-0.2, 0) is 29.2 Å². The molecule has 0 aliphatic carbocycles. The van der Waals surface area contributed by atoms with Crippen LogP contribution in [0.1, 0.15) is 48.8 Å². The summed E-state index contributed by atoms with van der Waals surface area (Å²) in [5.74, 6) is 0. The Kier molecular flexibility index (Phi) is 4.39. The smallest absolute Gasteiger partial charge is 0.410 e. The van der Waals surface area contributed by atoms with Gasteiger partial charge in [-0.25, -0.2) is 4.79 Å². The maximum Gasteiger partial charge on any atom is 0.410 e. The average Bonchev–Trinajstić information content (AvgIpc) is 2.85. The molecule has 0 atom stereocenters. The van der Waals surface area contributed by atoms with Gasteiger partial charge in [0.1, 0.15) is 5.60 Å². The number of aromatic nitrogens is 1. The molecule has 1 aromatic rings. The molecular formula is C16H23N3O3. The lowest BCUT2D eigenvalue weighted by atomic mass is 10.0. The Morgan fingerprint density at radius 3 is 2.55 bits per heavy atom. The predicted octanol–water partition coefficient (Wildman–Crippen LogP) is 2.20. The van der Waals surface area contributed by atoms with Gasteiger partial charge >= 0.3 is 6.09 Å². The molecule has 1 aromatic heterocycles. The third kappa shape index (κ3) is 3.37. The zero-order valence-corrected chi connectivity index (χ0v) is 13.8. The number of aryl methyl sites for hydroxylation is 1. The summed E-state index contributed by atoms with van der Waals surface area (Å²) < 4.78 is 5.44. The number of pyridine rings is 1. The summed E-state index contributed by atoms with van der Waals surface area (Å²) >= 11 is 0. The Morgan fingerprint density at radius 2 is 1.95 bits per heavy atom. The summed E-state index contributed by atoms with van der Waals surface area (Å²) in [6, 6.07) is 0. The van der Waals surface area contributed by atoms with Gasteiger partial charge in [0.05, 0.1) is 25.3 Å². The highest BCUT2D eigenvalue weighted by Gasteiger charge is 2.31. The molecule has 1 aliphatic heterocycles. The van der Waals surface area contributed by atoms with Gasteiger partial charge in [0, 0.05) is 11.3 Å². The number of hydrogen-bond acceptors (Lipinski definition) is 4. The van der Waals surface area contributed by atoms with E-state index in [2.05, 4.69) is 10.3 Å². The van der Waals surface area contributed by atoms with Gasteiger partial charge in [0.25, 0.3) is 0 Å². The third-order valence-electron chi connectivity index (χ3n) is 3.71. The van der Waals surface area contributed by atoms with Crippen LogP contribution in [0.15, 0.2) is 0 Å². The molecule has 6 heteroatoms. The van der Waals surface area contributed by atoms with E-state index in [9.17, 15) is 9.59 Å². The van der Waals surface area contributed by atoms with Gasteiger partial charge in [-0.2, -0.15) is 0 Å². The second-order valence-corrected chi connectivity index (χ2v) is 6.56. The number of carbonyl (C=O) groups is 2. The molecule has 0 bridgehead atoms. The van der Waals surface area contributed by atoms with Gasteiger partial charge in [-0.05, 0) is 45.7 Å². The molecule has 22 heavy (non-hydrogen) atoms. The highest BCUT2D eigenvalue weighted by atomic mass is 16.6. The van der Waals surface area contributed by atoms with Crippen molar-refractivity contribution in [1.29, 1.82) is 0 Å². The highest BCUT2D eigenvalue weighted by Crippen LogP contribution is 2.30. The minimum atomic E-state index is -0.517. The van der Waals surface area contributed by atoms with E-state index < -0.39 is 5.60 Å². The first-order valence-electron chi connectivity index (χ1n) is 7.35. The minimum absolute atomic E-state index is 0.324. The van der Waals surface area contributed by atoms with Crippen molar-refractivity contribution in [3.05, 3.63) is 28.1 Å². The number of fused-ring (bicyclic) bond motifs is 1. The van der Waals surface area contributed by atoms with Gasteiger partial charge < -0.3 is 10.1 Å². The Labute approximate surface area is 130 Å². The van der Waals surface area contributed by atoms with Crippen LogP contribution in [0.4, 0.5) is 4.79 Å². The second kappa shape index (κ2) is 5.94. The van der Waals surface area contributed by atoms with Crippen LogP contribution in [0.5, 0.6) is 0 Å². The lowest BCUT2D eigenvalue weighted by Gasteiger charge is -2.24. The van der Waals surface area contributed by atoms with Gasteiger partial charge in [0.2, 0.25) is 6.41 Å². The van der Waals surface area contributed by atoms with Crippen LogP contribution in [0, 0.1) is 13.8 Å². The van der Waals surface area contributed by atoms with Crippen LogP contribution in [0.25, 0.3) is 0 Å². The average molecular weight is 305 g/mol. The fourth-order valence-corrected chi connectivity index (χ4v) is 2.55. The van der Waals surface area contributed by atoms with Gasteiger partial charge in [-0.1, -0.05) is 0 Å². The van der Waals surface area contributed by atoms with Crippen LogP contribution in [-0.4, -0.2) is 28.0 Å². The Balaban J connectivity index is 2.27. The summed E-state index contributed by atoms with van der Waals surface area (Å²) in [6.45, 7) is 10.9. The predicted molar refractivity (Wildman–Crippen MR) is 82.1 cm³/mol. The topological polar surface area (TPSA) is 71.5 Å². The minimum Gasteiger partial charge on any atom is -0.444 e. The molecule has 1 N–H and O–H groups in total. The van der Waals surface area contributed by atoms with Gasteiger partial charge in [-0.3, -0.25) is 14.7 Å². The van der Waals surface area contributed by atoms with Gasteiger partial charge in [-0.15, -0.1) is 0 Å². The Bertz CT molecular complexity index is 606. The zero-order valence-electron chi connectivity index (χ0n) is 13.8. The maximum absolute atomic E-state index is 12.3. The normalized spacial score (nSPS) is 13.8. The number of hydrogen-bond donors (Lipinski definition) is 1. The molecule has 0 radical (unpaired) electrons. The number of carbonyl (C=O) groups excluding carboxylic acids is 2. The fourth-order valence-electron chi connectivity index (χ4n) is 2.55. The first-order valence-corrected chi connectivity index (χ1v) is 7.35. The van der Waals surface area contributed by atoms with Crippen molar-refractivity contribution in [3.63, 3.8) is 0 Å². The van der Waals surface area contributed by atoms with Crippen LogP contribution in [0.3, 0.4) is 0 Å². The number of nitrogens with one attached hydrogen (secondary N) is 1. The Hall–Kier alpha value is -2.11. The largest absolute Gasteiger partial charge is 0.444 e. The molecule has 2 rings (SSSR count). The van der Waals surface area contributed by atoms with E-state index in [1.807, 2.05) is 34.6 Å². The summed E-state index contributed by atoms with van der Waals surface area (Å²) in [7, 11) is 0. The lowest BCUT2D eigenvalue weighted by Crippen LogP contribution is -2.33. The molecular weight excluding hydrogens is 282 g/mol. The second-order valence-electron chi connectivity index (χ2n) is 6.56. The summed E-state index contributed by atoms with van der Waals surface area (Å²) in [5.41, 5.74) is 4.45. The van der Waals surface area contributed by atoms with E-state index in [0.717, 1.165) is 28.1 Å². The summed E-state index contributed by atoms with van der Waals surface area (Å²) in [4.78, 5) is 29.0. The van der Waals surface area contributed by atoms with E-state index in [4.69, 9.17) is 4.74 Å². The van der Waals surface area contributed by atoms with E-state index in [0.29, 0.717) is 26.0 Å². The van der Waals surface area contributed by atoms with E-state index >= 15 is 0 Å². The maximum atomic E-state index is 12.3. The molecule has 1 aliphatic rings. The van der Waals surface area contributed by atoms with Crippen LogP contribution in [0.2, 0.25) is 0 Å². The van der Waals surface area contributed by atoms with Crippen molar-refractivity contribution in [3.8, 4) is 0 Å². The molecule has 2 heterocycles. The van der Waals surface area contributed by atoms with Crippen molar-refractivity contribution >= 4 is 12.5 Å². The van der Waals surface area contributed by atoms with Crippen molar-refractivity contribution in [2.45, 2.75) is 59.9 Å². The van der Waals surface area contributed by atoms with Crippen molar-refractivity contribution in [1.82, 2.24) is 15.2 Å². The molecule has 0 spiro atoms. The van der Waals surface area contributed by atoms with Crippen LogP contribution >= 0.6 is 0 Å². The number of nitrogens with zero attached hydrogens (tertiary/aromatic N) is 2. The fraction of sp³-hybridized carbons (Fsp3) is 0.562. The van der Waals surface area contributed by atoms with Gasteiger partial charge in [0.15, 0.2) is 0 Å².